The molecule has 0 bridgehead atoms. The van der Waals surface area contributed by atoms with Crippen molar-refractivity contribution in [1.82, 2.24) is 0 Å². The van der Waals surface area contributed by atoms with Gasteiger partial charge in [-0.2, -0.15) is 0 Å². The molecule has 1 heterocycles. The molecule has 0 nitrogen and oxygen atoms in total. The second-order valence-electron chi connectivity index (χ2n) is 8.27. The summed E-state index contributed by atoms with van der Waals surface area (Å²) in [7, 11) is -2.47. The fourth-order valence-corrected chi connectivity index (χ4v) is 10.8. The molecule has 0 N–H and O–H groups in total. The molecule has 0 aliphatic carbocycles. The number of hydrogen-bond donors (Lipinski definition) is 0. The third kappa shape index (κ3) is 2.75. The van der Waals surface area contributed by atoms with Gasteiger partial charge in [-0.3, -0.25) is 0 Å². The first-order chi connectivity index (χ1) is 15.8. The summed E-state index contributed by atoms with van der Waals surface area (Å²) >= 11 is 6.92. The van der Waals surface area contributed by atoms with Crippen molar-refractivity contribution in [2.24, 2.45) is 0 Å². The Morgan fingerprint density at radius 1 is 0.469 bits per heavy atom. The van der Waals surface area contributed by atoms with E-state index in [-0.39, 0.29) is 0 Å². The average molecular weight is 445 g/mol. The van der Waals surface area contributed by atoms with Gasteiger partial charge in [0.15, 0.2) is 8.07 Å². The van der Waals surface area contributed by atoms with Crippen LogP contribution in [0.25, 0.3) is 22.3 Å². The minimum Gasteiger partial charge on any atom is -0.0837 e. The van der Waals surface area contributed by atoms with E-state index in [1.807, 2.05) is 6.07 Å². The first-order valence-electron chi connectivity index (χ1n) is 10.9. The summed E-state index contributed by atoms with van der Waals surface area (Å²) in [4.78, 5) is 0. The second-order valence-corrected chi connectivity index (χ2v) is 12.4. The Morgan fingerprint density at radius 2 is 1.06 bits per heavy atom. The zero-order valence-corrected chi connectivity index (χ0v) is 19.3. The third-order valence-electron chi connectivity index (χ3n) is 6.63. The minimum absolute atomic E-state index is 0.829. The van der Waals surface area contributed by atoms with Crippen molar-refractivity contribution in [3.8, 4) is 22.3 Å². The topological polar surface area (TPSA) is 0 Å². The van der Waals surface area contributed by atoms with Gasteiger partial charge in [0.25, 0.3) is 0 Å². The molecule has 0 saturated carbocycles. The van der Waals surface area contributed by atoms with Crippen LogP contribution in [0.2, 0.25) is 5.02 Å². The van der Waals surface area contributed by atoms with E-state index in [0.29, 0.717) is 0 Å². The third-order valence-corrected chi connectivity index (χ3v) is 11.8. The molecule has 1 aliphatic rings. The van der Waals surface area contributed by atoms with E-state index in [2.05, 4.69) is 121 Å². The van der Waals surface area contributed by atoms with E-state index >= 15 is 0 Å². The maximum absolute atomic E-state index is 6.92. The Labute approximate surface area is 194 Å². The molecule has 0 radical (unpaired) electrons. The van der Waals surface area contributed by atoms with Gasteiger partial charge < -0.3 is 0 Å². The van der Waals surface area contributed by atoms with E-state index in [1.165, 1.54) is 43.0 Å². The van der Waals surface area contributed by atoms with Crippen LogP contribution in [0.15, 0.2) is 127 Å². The normalized spacial score (nSPS) is 13.4. The molecule has 32 heavy (non-hydrogen) atoms. The van der Waals surface area contributed by atoms with E-state index in [1.54, 1.807) is 0 Å². The van der Waals surface area contributed by atoms with E-state index in [4.69, 9.17) is 11.6 Å². The van der Waals surface area contributed by atoms with Crippen LogP contribution in [0.1, 0.15) is 0 Å². The van der Waals surface area contributed by atoms with Gasteiger partial charge in [-0.15, -0.1) is 0 Å². The Hall–Kier alpha value is -3.39. The lowest BCUT2D eigenvalue weighted by molar-refractivity contribution is 1.63. The molecule has 5 aromatic carbocycles. The maximum Gasteiger partial charge on any atom is 0.180 e. The molecule has 0 aromatic heterocycles. The van der Waals surface area contributed by atoms with E-state index in [9.17, 15) is 0 Å². The van der Waals surface area contributed by atoms with Crippen LogP contribution in [0.4, 0.5) is 0 Å². The fourth-order valence-electron chi connectivity index (χ4n) is 5.31. The van der Waals surface area contributed by atoms with Crippen LogP contribution in [0.3, 0.4) is 0 Å². The van der Waals surface area contributed by atoms with Crippen molar-refractivity contribution < 1.29 is 0 Å². The SMILES string of the molecule is Clc1cccc2c1-c1cc(-c3ccccc3)ccc1[Si]2(c1ccccc1)c1ccccc1. The lowest BCUT2D eigenvalue weighted by Gasteiger charge is -2.31. The molecule has 152 valence electrons. The molecule has 1 aliphatic heterocycles. The summed E-state index contributed by atoms with van der Waals surface area (Å²) in [5.74, 6) is 0. The molecule has 0 saturated heterocycles. The highest BCUT2D eigenvalue weighted by molar-refractivity contribution is 7.22. The van der Waals surface area contributed by atoms with Gasteiger partial charge in [-0.25, -0.2) is 0 Å². The monoisotopic (exact) mass is 444 g/mol. The average Bonchev–Trinajstić information content (AvgIpc) is 3.17. The van der Waals surface area contributed by atoms with Gasteiger partial charge >= 0.3 is 0 Å². The van der Waals surface area contributed by atoms with E-state index in [0.717, 1.165) is 5.02 Å². The van der Waals surface area contributed by atoms with Gasteiger partial charge in [-0.1, -0.05) is 127 Å². The van der Waals surface area contributed by atoms with Crippen molar-refractivity contribution in [2.75, 3.05) is 0 Å². The predicted octanol–water partition coefficient (Wildman–Crippen LogP) is 5.36. The zero-order valence-electron chi connectivity index (χ0n) is 17.5. The van der Waals surface area contributed by atoms with Gasteiger partial charge in [0.1, 0.15) is 0 Å². The minimum atomic E-state index is -2.47. The Bertz CT molecular complexity index is 1370. The summed E-state index contributed by atoms with van der Waals surface area (Å²) in [6.45, 7) is 0. The Kier molecular flexibility index (Phi) is 4.60. The number of fused-ring (bicyclic) bond motifs is 3. The molecule has 5 aromatic rings. The number of halogens is 1. The summed E-state index contributed by atoms with van der Waals surface area (Å²) in [5.41, 5.74) is 4.91. The summed E-state index contributed by atoms with van der Waals surface area (Å²) in [6.07, 6.45) is 0. The number of benzene rings is 5. The van der Waals surface area contributed by atoms with E-state index < -0.39 is 8.07 Å². The quantitative estimate of drug-likeness (QED) is 0.322. The molecule has 0 spiro atoms. The molecule has 0 fully saturated rings. The maximum atomic E-state index is 6.92. The molecule has 2 heteroatoms. The van der Waals surface area contributed by atoms with Gasteiger partial charge in [0.05, 0.1) is 0 Å². The van der Waals surface area contributed by atoms with Crippen molar-refractivity contribution in [1.29, 1.82) is 0 Å². The highest BCUT2D eigenvalue weighted by Gasteiger charge is 2.49. The van der Waals surface area contributed by atoms with Gasteiger partial charge in [0, 0.05) is 10.6 Å². The van der Waals surface area contributed by atoms with Crippen molar-refractivity contribution >= 4 is 40.4 Å². The second kappa shape index (κ2) is 7.63. The first-order valence-corrected chi connectivity index (χ1v) is 13.3. The van der Waals surface area contributed by atoms with Crippen LogP contribution in [-0.4, -0.2) is 8.07 Å². The molecular formula is C30H21ClSi. The molecule has 0 amide bonds. The largest absolute Gasteiger partial charge is 0.180 e. The summed E-state index contributed by atoms with van der Waals surface area (Å²) in [6, 6.07) is 46.0. The summed E-state index contributed by atoms with van der Waals surface area (Å²) < 4.78 is 0. The fraction of sp³-hybridized carbons (Fsp3) is 0. The lowest BCUT2D eigenvalue weighted by Crippen LogP contribution is -2.72. The van der Waals surface area contributed by atoms with Crippen molar-refractivity contribution in [2.45, 2.75) is 0 Å². The highest BCUT2D eigenvalue weighted by Crippen LogP contribution is 2.36. The molecule has 0 atom stereocenters. The van der Waals surface area contributed by atoms with Crippen molar-refractivity contribution in [3.63, 3.8) is 0 Å². The van der Waals surface area contributed by atoms with Crippen LogP contribution in [0, 0.1) is 0 Å². The van der Waals surface area contributed by atoms with Gasteiger partial charge in [0.2, 0.25) is 0 Å². The smallest absolute Gasteiger partial charge is 0.0837 e. The highest BCUT2D eigenvalue weighted by atomic mass is 35.5. The molecular weight excluding hydrogens is 424 g/mol. The van der Waals surface area contributed by atoms with Gasteiger partial charge in [-0.05, 0) is 49.6 Å². The number of rotatable bonds is 3. The van der Waals surface area contributed by atoms with Crippen LogP contribution < -0.4 is 20.7 Å². The number of hydrogen-bond acceptors (Lipinski definition) is 0. The Balaban J connectivity index is 1.74. The first kappa shape index (κ1) is 19.3. The summed E-state index contributed by atoms with van der Waals surface area (Å²) in [5, 5.41) is 6.40. The molecule has 0 unspecified atom stereocenters. The lowest BCUT2D eigenvalue weighted by atomic mass is 9.99. The van der Waals surface area contributed by atoms with Crippen LogP contribution in [-0.2, 0) is 0 Å². The van der Waals surface area contributed by atoms with Crippen LogP contribution >= 0.6 is 11.6 Å². The zero-order chi connectivity index (χ0) is 21.5. The standard InChI is InChI=1S/C30H21ClSi/c31-27-17-10-18-29-30(27)26-21-23(22-11-4-1-5-12-22)19-20-28(26)32(29,24-13-6-2-7-14-24)25-15-8-3-9-16-25/h1-21H. The Morgan fingerprint density at radius 3 is 1.69 bits per heavy atom. The van der Waals surface area contributed by atoms with Crippen molar-refractivity contribution in [3.05, 3.63) is 132 Å². The molecule has 6 rings (SSSR count). The van der Waals surface area contributed by atoms with Crippen LogP contribution in [0.5, 0.6) is 0 Å². The predicted molar refractivity (Wildman–Crippen MR) is 139 cm³/mol.